The maximum absolute atomic E-state index is 5.33. The third kappa shape index (κ3) is 2.81. The Morgan fingerprint density at radius 2 is 1.94 bits per heavy atom. The monoisotopic (exact) mass is 233 g/mol. The molecule has 1 aliphatic carbocycles. The number of nitrogens with zero attached hydrogens (tertiary/aromatic N) is 1. The van der Waals surface area contributed by atoms with Gasteiger partial charge in [-0.15, -0.1) is 0 Å². The lowest BCUT2D eigenvalue weighted by molar-refractivity contribution is 0.199. The first-order chi connectivity index (χ1) is 8.22. The standard InChI is InChI=1S/C15H23NO/c1-16(2)15-10-5-4-9-14(15)12-7-6-8-13(11-12)17-3/h6-8,11,14-15H,4-5,9-10H2,1-3H3/t14-,15-/m0/s1. The summed E-state index contributed by atoms with van der Waals surface area (Å²) < 4.78 is 5.33. The highest BCUT2D eigenvalue weighted by Crippen LogP contribution is 2.36. The molecule has 0 N–H and O–H groups in total. The van der Waals surface area contributed by atoms with E-state index in [4.69, 9.17) is 4.74 Å². The molecule has 0 bridgehead atoms. The highest BCUT2D eigenvalue weighted by Gasteiger charge is 2.27. The van der Waals surface area contributed by atoms with Crippen LogP contribution >= 0.6 is 0 Å². The Bertz CT molecular complexity index is 362. The molecule has 0 aliphatic heterocycles. The zero-order valence-electron chi connectivity index (χ0n) is 11.1. The minimum atomic E-state index is 0.661. The van der Waals surface area contributed by atoms with E-state index in [-0.39, 0.29) is 0 Å². The van der Waals surface area contributed by atoms with E-state index in [1.165, 1.54) is 31.2 Å². The minimum Gasteiger partial charge on any atom is -0.497 e. The van der Waals surface area contributed by atoms with Gasteiger partial charge in [0.25, 0.3) is 0 Å². The van der Waals surface area contributed by atoms with Gasteiger partial charge in [0.1, 0.15) is 5.75 Å². The maximum Gasteiger partial charge on any atom is 0.119 e. The van der Waals surface area contributed by atoms with E-state index in [0.29, 0.717) is 12.0 Å². The smallest absolute Gasteiger partial charge is 0.119 e. The Morgan fingerprint density at radius 3 is 2.65 bits per heavy atom. The first kappa shape index (κ1) is 12.4. The van der Waals surface area contributed by atoms with Gasteiger partial charge >= 0.3 is 0 Å². The Hall–Kier alpha value is -1.02. The van der Waals surface area contributed by atoms with Crippen LogP contribution in [0.1, 0.15) is 37.2 Å². The molecule has 94 valence electrons. The molecule has 1 aromatic rings. The topological polar surface area (TPSA) is 12.5 Å². The van der Waals surface area contributed by atoms with E-state index < -0.39 is 0 Å². The van der Waals surface area contributed by atoms with E-state index in [2.05, 4.69) is 37.2 Å². The lowest BCUT2D eigenvalue weighted by atomic mass is 9.79. The van der Waals surface area contributed by atoms with Crippen LogP contribution in [-0.2, 0) is 0 Å². The average molecular weight is 233 g/mol. The number of methoxy groups -OCH3 is 1. The van der Waals surface area contributed by atoms with Gasteiger partial charge < -0.3 is 9.64 Å². The van der Waals surface area contributed by atoms with Gasteiger partial charge in [0.05, 0.1) is 7.11 Å². The van der Waals surface area contributed by atoms with E-state index in [1.807, 2.05) is 6.07 Å². The number of likely N-dealkylation sites (N-methyl/N-ethyl adjacent to an activating group) is 1. The van der Waals surface area contributed by atoms with E-state index in [0.717, 1.165) is 5.75 Å². The van der Waals surface area contributed by atoms with Gasteiger partial charge in [-0.2, -0.15) is 0 Å². The van der Waals surface area contributed by atoms with Crippen molar-refractivity contribution in [1.29, 1.82) is 0 Å². The molecule has 2 heteroatoms. The molecule has 2 atom stereocenters. The van der Waals surface area contributed by atoms with Crippen molar-refractivity contribution in [2.45, 2.75) is 37.6 Å². The molecule has 0 spiro atoms. The van der Waals surface area contributed by atoms with Crippen molar-refractivity contribution < 1.29 is 4.74 Å². The molecule has 0 saturated heterocycles. The van der Waals surface area contributed by atoms with Crippen molar-refractivity contribution in [3.63, 3.8) is 0 Å². The molecule has 0 unspecified atom stereocenters. The molecule has 0 amide bonds. The van der Waals surface area contributed by atoms with E-state index >= 15 is 0 Å². The fraction of sp³-hybridized carbons (Fsp3) is 0.600. The Balaban J connectivity index is 2.22. The van der Waals surface area contributed by atoms with Gasteiger partial charge in [0, 0.05) is 6.04 Å². The van der Waals surface area contributed by atoms with Crippen LogP contribution in [0.25, 0.3) is 0 Å². The number of rotatable bonds is 3. The highest BCUT2D eigenvalue weighted by atomic mass is 16.5. The van der Waals surface area contributed by atoms with Crippen LogP contribution in [0.5, 0.6) is 5.75 Å². The summed E-state index contributed by atoms with van der Waals surface area (Å²) in [7, 11) is 6.13. The largest absolute Gasteiger partial charge is 0.497 e. The summed E-state index contributed by atoms with van der Waals surface area (Å²) in [6.45, 7) is 0. The minimum absolute atomic E-state index is 0.661. The number of hydrogen-bond acceptors (Lipinski definition) is 2. The molecular weight excluding hydrogens is 210 g/mol. The second-order valence-electron chi connectivity index (χ2n) is 5.20. The number of benzene rings is 1. The van der Waals surface area contributed by atoms with Crippen molar-refractivity contribution in [2.24, 2.45) is 0 Å². The molecule has 1 saturated carbocycles. The fourth-order valence-electron chi connectivity index (χ4n) is 2.99. The molecule has 0 radical (unpaired) electrons. The van der Waals surface area contributed by atoms with Crippen molar-refractivity contribution in [3.8, 4) is 5.75 Å². The quantitative estimate of drug-likeness (QED) is 0.794. The van der Waals surface area contributed by atoms with E-state index in [1.54, 1.807) is 7.11 Å². The summed E-state index contributed by atoms with van der Waals surface area (Å²) in [6.07, 6.45) is 5.33. The van der Waals surface area contributed by atoms with Crippen molar-refractivity contribution in [1.82, 2.24) is 4.90 Å². The molecule has 1 fully saturated rings. The van der Waals surface area contributed by atoms with Crippen LogP contribution in [0.2, 0.25) is 0 Å². The summed E-state index contributed by atoms with van der Waals surface area (Å²) in [6, 6.07) is 9.25. The molecule has 2 rings (SSSR count). The lowest BCUT2D eigenvalue weighted by Crippen LogP contribution is -2.36. The summed E-state index contributed by atoms with van der Waals surface area (Å²) in [5.74, 6) is 1.64. The Kier molecular flexibility index (Phi) is 4.06. The zero-order chi connectivity index (χ0) is 12.3. The SMILES string of the molecule is COc1cccc([C@@H]2CCCC[C@@H]2N(C)C)c1. The number of ether oxygens (including phenoxy) is 1. The first-order valence-corrected chi connectivity index (χ1v) is 6.52. The summed E-state index contributed by atoms with van der Waals surface area (Å²) in [5, 5.41) is 0. The predicted octanol–water partition coefficient (Wildman–Crippen LogP) is 3.28. The van der Waals surface area contributed by atoms with Gasteiger partial charge in [0.15, 0.2) is 0 Å². The second kappa shape index (κ2) is 5.54. The van der Waals surface area contributed by atoms with Gasteiger partial charge in [-0.25, -0.2) is 0 Å². The predicted molar refractivity (Wildman–Crippen MR) is 71.7 cm³/mol. The number of hydrogen-bond donors (Lipinski definition) is 0. The highest BCUT2D eigenvalue weighted by molar-refractivity contribution is 5.32. The summed E-state index contributed by atoms with van der Waals surface area (Å²) in [5.41, 5.74) is 1.43. The average Bonchev–Trinajstić information content (AvgIpc) is 2.39. The molecule has 2 nitrogen and oxygen atoms in total. The van der Waals surface area contributed by atoms with E-state index in [9.17, 15) is 0 Å². The van der Waals surface area contributed by atoms with Crippen molar-refractivity contribution >= 4 is 0 Å². The van der Waals surface area contributed by atoms with Crippen LogP contribution in [0.3, 0.4) is 0 Å². The fourth-order valence-corrected chi connectivity index (χ4v) is 2.99. The summed E-state index contributed by atoms with van der Waals surface area (Å²) in [4.78, 5) is 2.38. The van der Waals surface area contributed by atoms with Gasteiger partial charge in [-0.3, -0.25) is 0 Å². The van der Waals surface area contributed by atoms with Gasteiger partial charge in [-0.05, 0) is 50.6 Å². The molecule has 0 heterocycles. The van der Waals surface area contributed by atoms with Crippen LogP contribution < -0.4 is 4.74 Å². The zero-order valence-corrected chi connectivity index (χ0v) is 11.1. The van der Waals surface area contributed by atoms with Crippen LogP contribution in [0.15, 0.2) is 24.3 Å². The molecule has 1 aliphatic rings. The van der Waals surface area contributed by atoms with Gasteiger partial charge in [0.2, 0.25) is 0 Å². The lowest BCUT2D eigenvalue weighted by Gasteiger charge is -2.36. The Labute approximate surface area is 105 Å². The molecule has 0 aromatic heterocycles. The van der Waals surface area contributed by atoms with Crippen LogP contribution in [-0.4, -0.2) is 32.1 Å². The van der Waals surface area contributed by atoms with Crippen molar-refractivity contribution in [3.05, 3.63) is 29.8 Å². The normalized spacial score (nSPS) is 24.9. The van der Waals surface area contributed by atoms with Gasteiger partial charge in [-0.1, -0.05) is 25.0 Å². The third-order valence-corrected chi connectivity index (χ3v) is 3.91. The molecule has 1 aromatic carbocycles. The molecular formula is C15H23NO. The summed E-state index contributed by atoms with van der Waals surface area (Å²) >= 11 is 0. The van der Waals surface area contributed by atoms with Crippen LogP contribution in [0.4, 0.5) is 0 Å². The second-order valence-corrected chi connectivity index (χ2v) is 5.20. The third-order valence-electron chi connectivity index (χ3n) is 3.91. The molecule has 17 heavy (non-hydrogen) atoms. The van der Waals surface area contributed by atoms with Crippen molar-refractivity contribution in [2.75, 3.05) is 21.2 Å². The van der Waals surface area contributed by atoms with Crippen LogP contribution in [0, 0.1) is 0 Å². The Morgan fingerprint density at radius 1 is 1.18 bits per heavy atom. The maximum atomic E-state index is 5.33. The first-order valence-electron chi connectivity index (χ1n) is 6.52.